The molecule has 2 aliphatic rings. The number of rotatable bonds is 5. The third-order valence-corrected chi connectivity index (χ3v) is 7.27. The van der Waals surface area contributed by atoms with Crippen molar-refractivity contribution in [2.24, 2.45) is 5.41 Å². The number of anilines is 1. The number of halogens is 3. The molecule has 0 unspecified atom stereocenters. The molecule has 0 amide bonds. The number of alkyl halides is 3. The minimum atomic E-state index is -4.21. The summed E-state index contributed by atoms with van der Waals surface area (Å²) in [6.07, 6.45) is -0.183. The highest BCUT2D eigenvalue weighted by atomic mass is 32.1. The Morgan fingerprint density at radius 1 is 1.17 bits per heavy atom. The van der Waals surface area contributed by atoms with Crippen LogP contribution in [0.25, 0.3) is 10.2 Å². The molecule has 1 aliphatic heterocycles. The number of nitrogens with one attached hydrogen (secondary N) is 1. The predicted molar refractivity (Wildman–Crippen MR) is 113 cm³/mol. The highest BCUT2D eigenvalue weighted by Gasteiger charge is 2.48. The summed E-state index contributed by atoms with van der Waals surface area (Å²) in [6, 6.07) is 12.5. The summed E-state index contributed by atoms with van der Waals surface area (Å²) in [6.45, 7) is 2.70. The number of aromatic nitrogens is 2. The second-order valence-corrected chi connectivity index (χ2v) is 9.70. The Hall–Kier alpha value is -2.19. The first-order valence-electron chi connectivity index (χ1n) is 10.2. The molecule has 0 radical (unpaired) electrons. The number of benzene rings is 1. The molecule has 1 spiro atoms. The lowest BCUT2D eigenvalue weighted by Gasteiger charge is -2.49. The normalized spacial score (nSPS) is 20.8. The zero-order valence-corrected chi connectivity index (χ0v) is 17.3. The van der Waals surface area contributed by atoms with Crippen LogP contribution in [0.3, 0.4) is 0 Å². The highest BCUT2D eigenvalue weighted by Crippen LogP contribution is 2.48. The number of hydrogen-bond donors (Lipinski definition) is 1. The van der Waals surface area contributed by atoms with E-state index in [0.29, 0.717) is 15.7 Å². The molecule has 1 saturated heterocycles. The molecular weight excluding hydrogens is 409 g/mol. The van der Waals surface area contributed by atoms with Gasteiger partial charge in [0.05, 0.1) is 11.8 Å². The second-order valence-electron chi connectivity index (χ2n) is 8.58. The zero-order chi connectivity index (χ0) is 20.8. The maximum atomic E-state index is 12.8. The van der Waals surface area contributed by atoms with Crippen LogP contribution in [-0.4, -0.2) is 35.3 Å². The summed E-state index contributed by atoms with van der Waals surface area (Å²) < 4.78 is 38.3. The topological polar surface area (TPSA) is 41.0 Å². The minimum Gasteiger partial charge on any atom is -0.355 e. The van der Waals surface area contributed by atoms with E-state index in [1.165, 1.54) is 18.3 Å². The van der Waals surface area contributed by atoms with Gasteiger partial charge in [-0.25, -0.2) is 9.97 Å². The molecule has 2 aromatic heterocycles. The van der Waals surface area contributed by atoms with E-state index < -0.39 is 12.6 Å². The van der Waals surface area contributed by atoms with Crippen LogP contribution in [0.2, 0.25) is 0 Å². The van der Waals surface area contributed by atoms with Crippen LogP contribution in [0.5, 0.6) is 0 Å². The summed E-state index contributed by atoms with van der Waals surface area (Å²) >= 11 is 1.11. The molecule has 3 aromatic rings. The standard InChI is InChI=1S/C22H23F3N4S/c23-22(24,25)10-17-8-18-19(27-14-28-20(18)30-17)29-12-21(13-29)7-6-16(9-21)26-11-15-4-2-1-3-5-15/h1-5,8,14,16,26H,6-7,9-13H2/t16-/m1/s1. The molecule has 1 saturated carbocycles. The van der Waals surface area contributed by atoms with Crippen molar-refractivity contribution in [3.63, 3.8) is 0 Å². The van der Waals surface area contributed by atoms with Gasteiger partial charge in [0.15, 0.2) is 0 Å². The SMILES string of the molecule is FC(F)(F)Cc1cc2c(N3CC4(CC[C@@H](NCc5ccccc5)C4)C3)ncnc2s1. The Balaban J connectivity index is 1.23. The van der Waals surface area contributed by atoms with Crippen molar-refractivity contribution in [1.82, 2.24) is 15.3 Å². The predicted octanol–water partition coefficient (Wildman–Crippen LogP) is 4.94. The average Bonchev–Trinajstić information content (AvgIpc) is 3.28. The lowest BCUT2D eigenvalue weighted by atomic mass is 9.78. The van der Waals surface area contributed by atoms with Crippen molar-refractivity contribution in [2.45, 2.75) is 44.4 Å². The lowest BCUT2D eigenvalue weighted by molar-refractivity contribution is -0.126. The molecule has 1 aliphatic carbocycles. The molecule has 2 fully saturated rings. The summed E-state index contributed by atoms with van der Waals surface area (Å²) in [5.74, 6) is 0.774. The van der Waals surface area contributed by atoms with Crippen LogP contribution in [0.4, 0.5) is 19.0 Å². The van der Waals surface area contributed by atoms with Crippen LogP contribution < -0.4 is 10.2 Å². The van der Waals surface area contributed by atoms with Gasteiger partial charge in [0.1, 0.15) is 17.0 Å². The van der Waals surface area contributed by atoms with E-state index in [2.05, 4.69) is 44.5 Å². The lowest BCUT2D eigenvalue weighted by Crippen LogP contribution is -2.56. The van der Waals surface area contributed by atoms with Crippen LogP contribution in [0, 0.1) is 5.41 Å². The molecular formula is C22H23F3N4S. The number of thiophene rings is 1. The van der Waals surface area contributed by atoms with Crippen molar-refractivity contribution in [1.29, 1.82) is 0 Å². The molecule has 8 heteroatoms. The largest absolute Gasteiger partial charge is 0.393 e. The number of nitrogens with zero attached hydrogens (tertiary/aromatic N) is 3. The molecule has 4 nitrogen and oxygen atoms in total. The Morgan fingerprint density at radius 3 is 2.73 bits per heavy atom. The first kappa shape index (κ1) is 19.8. The summed E-state index contributed by atoms with van der Waals surface area (Å²) in [7, 11) is 0. The fourth-order valence-electron chi connectivity index (χ4n) is 4.87. The monoisotopic (exact) mass is 432 g/mol. The maximum Gasteiger partial charge on any atom is 0.393 e. The molecule has 1 aromatic carbocycles. The van der Waals surface area contributed by atoms with Crippen molar-refractivity contribution in [2.75, 3.05) is 18.0 Å². The highest BCUT2D eigenvalue weighted by molar-refractivity contribution is 7.18. The second kappa shape index (κ2) is 7.50. The van der Waals surface area contributed by atoms with E-state index in [1.54, 1.807) is 6.07 Å². The van der Waals surface area contributed by atoms with E-state index in [4.69, 9.17) is 0 Å². The van der Waals surface area contributed by atoms with E-state index in [1.807, 2.05) is 6.07 Å². The zero-order valence-electron chi connectivity index (χ0n) is 16.5. The molecule has 3 heterocycles. The fraction of sp³-hybridized carbons (Fsp3) is 0.455. The third kappa shape index (κ3) is 4.03. The van der Waals surface area contributed by atoms with Gasteiger partial charge in [-0.2, -0.15) is 13.2 Å². The average molecular weight is 433 g/mol. The van der Waals surface area contributed by atoms with Crippen LogP contribution in [0.15, 0.2) is 42.7 Å². The minimum absolute atomic E-state index is 0.288. The van der Waals surface area contributed by atoms with Gasteiger partial charge in [0, 0.05) is 36.0 Å². The van der Waals surface area contributed by atoms with E-state index >= 15 is 0 Å². The van der Waals surface area contributed by atoms with Crippen LogP contribution in [-0.2, 0) is 13.0 Å². The van der Waals surface area contributed by atoms with Crippen molar-refractivity contribution >= 4 is 27.4 Å². The summed E-state index contributed by atoms with van der Waals surface area (Å²) in [5, 5.41) is 4.43. The van der Waals surface area contributed by atoms with Gasteiger partial charge in [-0.3, -0.25) is 0 Å². The first-order valence-corrected chi connectivity index (χ1v) is 11.0. The quantitative estimate of drug-likeness (QED) is 0.620. The molecule has 158 valence electrons. The molecule has 30 heavy (non-hydrogen) atoms. The van der Waals surface area contributed by atoms with Gasteiger partial charge < -0.3 is 10.2 Å². The number of hydrogen-bond acceptors (Lipinski definition) is 5. The molecule has 0 bridgehead atoms. The van der Waals surface area contributed by atoms with Crippen molar-refractivity contribution < 1.29 is 13.2 Å². The number of fused-ring (bicyclic) bond motifs is 1. The van der Waals surface area contributed by atoms with E-state index in [9.17, 15) is 13.2 Å². The van der Waals surface area contributed by atoms with Gasteiger partial charge in [0.25, 0.3) is 0 Å². The maximum absolute atomic E-state index is 12.8. The van der Waals surface area contributed by atoms with E-state index in [0.717, 1.165) is 55.0 Å². The van der Waals surface area contributed by atoms with E-state index in [-0.39, 0.29) is 5.41 Å². The van der Waals surface area contributed by atoms with Gasteiger partial charge >= 0.3 is 6.18 Å². The van der Waals surface area contributed by atoms with Crippen molar-refractivity contribution in [3.05, 3.63) is 53.2 Å². The summed E-state index contributed by atoms with van der Waals surface area (Å²) in [4.78, 5) is 11.7. The van der Waals surface area contributed by atoms with Crippen LogP contribution in [0.1, 0.15) is 29.7 Å². The fourth-order valence-corrected chi connectivity index (χ4v) is 5.89. The Bertz CT molecular complexity index is 1030. The van der Waals surface area contributed by atoms with Crippen LogP contribution >= 0.6 is 11.3 Å². The Kier molecular flexibility index (Phi) is 4.94. The Labute approximate surface area is 177 Å². The van der Waals surface area contributed by atoms with Gasteiger partial charge in [0.2, 0.25) is 0 Å². The van der Waals surface area contributed by atoms with Gasteiger partial charge in [-0.05, 0) is 30.9 Å². The molecule has 5 rings (SSSR count). The van der Waals surface area contributed by atoms with Crippen molar-refractivity contribution in [3.8, 4) is 0 Å². The summed E-state index contributed by atoms with van der Waals surface area (Å²) in [5.41, 5.74) is 1.58. The van der Waals surface area contributed by atoms with Gasteiger partial charge in [-0.15, -0.1) is 11.3 Å². The first-order chi connectivity index (χ1) is 14.4. The molecule has 1 atom stereocenters. The molecule has 1 N–H and O–H groups in total. The Morgan fingerprint density at radius 2 is 1.97 bits per heavy atom. The smallest absolute Gasteiger partial charge is 0.355 e. The third-order valence-electron chi connectivity index (χ3n) is 6.23. The van der Waals surface area contributed by atoms with Gasteiger partial charge in [-0.1, -0.05) is 30.3 Å².